The topological polar surface area (TPSA) is 61.1 Å². The summed E-state index contributed by atoms with van der Waals surface area (Å²) >= 11 is 3.21. The number of benzene rings is 1. The summed E-state index contributed by atoms with van der Waals surface area (Å²) in [5.41, 5.74) is 1.90. The van der Waals surface area contributed by atoms with Gasteiger partial charge in [0.2, 0.25) is 0 Å². The Balaban J connectivity index is 3.14. The van der Waals surface area contributed by atoms with Crippen LogP contribution in [0.3, 0.4) is 0 Å². The summed E-state index contributed by atoms with van der Waals surface area (Å²) in [4.78, 5) is 10.5. The van der Waals surface area contributed by atoms with Gasteiger partial charge in [-0.2, -0.15) is 5.26 Å². The minimum atomic E-state index is -0.994. The van der Waals surface area contributed by atoms with Gasteiger partial charge in [0.25, 0.3) is 0 Å². The van der Waals surface area contributed by atoms with Crippen molar-refractivity contribution in [2.45, 2.75) is 0 Å². The Hall–Kier alpha value is -1.60. The Bertz CT molecular complexity index is 446. The first-order chi connectivity index (χ1) is 7.17. The third-order valence-corrected chi connectivity index (χ3v) is 2.41. The molecule has 0 atom stereocenters. The summed E-state index contributed by atoms with van der Waals surface area (Å²) in [6, 6.07) is 8.85. The van der Waals surface area contributed by atoms with Crippen molar-refractivity contribution in [3.8, 4) is 6.07 Å². The Morgan fingerprint density at radius 2 is 2.33 bits per heavy atom. The van der Waals surface area contributed by atoms with Gasteiger partial charge in [0.1, 0.15) is 0 Å². The van der Waals surface area contributed by atoms with Crippen molar-refractivity contribution in [2.75, 3.05) is 5.33 Å². The molecular weight excluding hydrogens is 258 g/mol. The van der Waals surface area contributed by atoms with Crippen LogP contribution in [0.5, 0.6) is 0 Å². The molecule has 0 amide bonds. The number of halogens is 1. The van der Waals surface area contributed by atoms with E-state index in [-0.39, 0.29) is 0 Å². The number of carboxylic acid groups (broad SMARTS) is 1. The molecule has 0 fully saturated rings. The number of allylic oxidation sites excluding steroid dienone is 1. The highest BCUT2D eigenvalue weighted by molar-refractivity contribution is 9.09. The quantitative estimate of drug-likeness (QED) is 0.675. The van der Waals surface area contributed by atoms with E-state index in [0.717, 1.165) is 11.6 Å². The van der Waals surface area contributed by atoms with Gasteiger partial charge in [0.05, 0.1) is 11.6 Å². The highest BCUT2D eigenvalue weighted by Crippen LogP contribution is 2.17. The molecule has 1 rings (SSSR count). The number of hydrogen-bond acceptors (Lipinski definition) is 2. The number of hydrogen-bond donors (Lipinski definition) is 1. The van der Waals surface area contributed by atoms with Crippen LogP contribution >= 0.6 is 15.9 Å². The van der Waals surface area contributed by atoms with Gasteiger partial charge < -0.3 is 5.11 Å². The molecule has 0 aliphatic rings. The van der Waals surface area contributed by atoms with Gasteiger partial charge in [-0.1, -0.05) is 28.1 Å². The number of nitriles is 1. The molecule has 0 aliphatic heterocycles. The monoisotopic (exact) mass is 265 g/mol. The van der Waals surface area contributed by atoms with Gasteiger partial charge in [-0.3, -0.25) is 0 Å². The Morgan fingerprint density at radius 3 is 2.87 bits per heavy atom. The molecule has 1 aromatic carbocycles. The Labute approximate surface area is 95.8 Å². The van der Waals surface area contributed by atoms with Crippen LogP contribution in [0.15, 0.2) is 30.3 Å². The summed E-state index contributed by atoms with van der Waals surface area (Å²) < 4.78 is 0. The lowest BCUT2D eigenvalue weighted by atomic mass is 10.0. The fraction of sp³-hybridized carbons (Fsp3) is 0.0909. The van der Waals surface area contributed by atoms with E-state index in [0.29, 0.717) is 16.5 Å². The minimum Gasteiger partial charge on any atom is -0.478 e. The summed E-state index contributed by atoms with van der Waals surface area (Å²) in [5, 5.41) is 17.8. The maximum absolute atomic E-state index is 10.5. The fourth-order valence-corrected chi connectivity index (χ4v) is 1.62. The van der Waals surface area contributed by atoms with Crippen LogP contribution in [-0.4, -0.2) is 16.4 Å². The number of nitrogens with zero attached hydrogens (tertiary/aromatic N) is 1. The van der Waals surface area contributed by atoms with Crippen LogP contribution in [0, 0.1) is 11.3 Å². The number of rotatable bonds is 3. The summed E-state index contributed by atoms with van der Waals surface area (Å²) in [7, 11) is 0. The molecule has 1 aromatic rings. The number of aliphatic carboxylic acids is 1. The normalized spacial score (nSPS) is 10.8. The maximum Gasteiger partial charge on any atom is 0.328 e. The highest BCUT2D eigenvalue weighted by atomic mass is 79.9. The molecule has 0 bridgehead atoms. The van der Waals surface area contributed by atoms with Crippen molar-refractivity contribution in [1.82, 2.24) is 0 Å². The number of alkyl halides is 1. The van der Waals surface area contributed by atoms with Crippen molar-refractivity contribution in [3.63, 3.8) is 0 Å². The fourth-order valence-electron chi connectivity index (χ4n) is 1.14. The lowest BCUT2D eigenvalue weighted by Crippen LogP contribution is -1.94. The molecule has 1 N–H and O–H groups in total. The van der Waals surface area contributed by atoms with Crippen molar-refractivity contribution in [1.29, 1.82) is 5.26 Å². The standard InChI is InChI=1S/C11H8BrNO2/c12-6-10(5-11(14)15)9-3-1-2-8(4-9)7-13/h1-5H,6H2,(H,14,15)/b10-5-. The van der Waals surface area contributed by atoms with Crippen LogP contribution in [0.4, 0.5) is 0 Å². The van der Waals surface area contributed by atoms with Crippen molar-refractivity contribution in [2.24, 2.45) is 0 Å². The van der Waals surface area contributed by atoms with E-state index in [1.165, 1.54) is 0 Å². The molecule has 76 valence electrons. The zero-order valence-electron chi connectivity index (χ0n) is 7.77. The van der Waals surface area contributed by atoms with Gasteiger partial charge in [0, 0.05) is 11.4 Å². The third kappa shape index (κ3) is 3.22. The Kier molecular flexibility index (Phi) is 4.07. The zero-order valence-corrected chi connectivity index (χ0v) is 9.36. The van der Waals surface area contributed by atoms with Crippen LogP contribution in [0.2, 0.25) is 0 Å². The summed E-state index contributed by atoms with van der Waals surface area (Å²) in [6.45, 7) is 0. The van der Waals surface area contributed by atoms with E-state index in [2.05, 4.69) is 15.9 Å². The molecule has 0 saturated heterocycles. The molecule has 4 heteroatoms. The minimum absolute atomic E-state index is 0.439. The summed E-state index contributed by atoms with van der Waals surface area (Å²) in [6.07, 6.45) is 1.13. The number of carboxylic acids is 1. The van der Waals surface area contributed by atoms with E-state index < -0.39 is 5.97 Å². The van der Waals surface area contributed by atoms with E-state index in [9.17, 15) is 4.79 Å². The second-order valence-electron chi connectivity index (χ2n) is 2.83. The molecule has 15 heavy (non-hydrogen) atoms. The molecule has 0 aliphatic carbocycles. The van der Waals surface area contributed by atoms with E-state index in [1.54, 1.807) is 24.3 Å². The van der Waals surface area contributed by atoms with Gasteiger partial charge in [0.15, 0.2) is 0 Å². The molecule has 0 spiro atoms. The van der Waals surface area contributed by atoms with Crippen LogP contribution in [-0.2, 0) is 4.79 Å². The van der Waals surface area contributed by atoms with Crippen molar-refractivity contribution >= 4 is 27.5 Å². The van der Waals surface area contributed by atoms with Gasteiger partial charge in [-0.25, -0.2) is 4.79 Å². The van der Waals surface area contributed by atoms with Gasteiger partial charge in [-0.15, -0.1) is 0 Å². The average Bonchev–Trinajstić information content (AvgIpc) is 2.25. The maximum atomic E-state index is 10.5. The van der Waals surface area contributed by atoms with Crippen LogP contribution < -0.4 is 0 Å². The third-order valence-electron chi connectivity index (χ3n) is 1.80. The second-order valence-corrected chi connectivity index (χ2v) is 3.39. The van der Waals surface area contributed by atoms with E-state index in [1.807, 2.05) is 6.07 Å². The van der Waals surface area contributed by atoms with E-state index in [4.69, 9.17) is 10.4 Å². The first kappa shape index (κ1) is 11.5. The molecule has 0 unspecified atom stereocenters. The Morgan fingerprint density at radius 1 is 1.60 bits per heavy atom. The highest BCUT2D eigenvalue weighted by Gasteiger charge is 2.03. The zero-order chi connectivity index (χ0) is 11.3. The SMILES string of the molecule is N#Cc1cccc(/C(=C\C(=O)O)CBr)c1. The molecule has 0 aromatic heterocycles. The lowest BCUT2D eigenvalue weighted by molar-refractivity contribution is -0.131. The lowest BCUT2D eigenvalue weighted by Gasteiger charge is -2.02. The largest absolute Gasteiger partial charge is 0.478 e. The first-order valence-electron chi connectivity index (χ1n) is 4.17. The van der Waals surface area contributed by atoms with Gasteiger partial charge in [-0.05, 0) is 23.3 Å². The van der Waals surface area contributed by atoms with Crippen LogP contribution in [0.25, 0.3) is 5.57 Å². The molecule has 0 heterocycles. The van der Waals surface area contributed by atoms with E-state index >= 15 is 0 Å². The van der Waals surface area contributed by atoms with Gasteiger partial charge >= 0.3 is 5.97 Å². The molecular formula is C11H8BrNO2. The smallest absolute Gasteiger partial charge is 0.328 e. The summed E-state index contributed by atoms with van der Waals surface area (Å²) in [5.74, 6) is -0.994. The second kappa shape index (κ2) is 5.32. The molecule has 0 saturated carbocycles. The molecule has 0 radical (unpaired) electrons. The average molecular weight is 266 g/mol. The van der Waals surface area contributed by atoms with Crippen molar-refractivity contribution < 1.29 is 9.90 Å². The first-order valence-corrected chi connectivity index (χ1v) is 5.29. The molecule has 3 nitrogen and oxygen atoms in total. The predicted octanol–water partition coefficient (Wildman–Crippen LogP) is 2.42. The number of carbonyl (C=O) groups is 1. The predicted molar refractivity (Wildman–Crippen MR) is 60.6 cm³/mol. The van der Waals surface area contributed by atoms with Crippen molar-refractivity contribution in [3.05, 3.63) is 41.5 Å². The van der Waals surface area contributed by atoms with Crippen LogP contribution in [0.1, 0.15) is 11.1 Å².